The highest BCUT2D eigenvalue weighted by Crippen LogP contribution is 2.10. The number of hydrogen-bond acceptors (Lipinski definition) is 2. The van der Waals surface area contributed by atoms with E-state index in [2.05, 4.69) is 29.1 Å². The molecule has 0 radical (unpaired) electrons. The molecule has 18 heavy (non-hydrogen) atoms. The summed E-state index contributed by atoms with van der Waals surface area (Å²) >= 11 is 0. The first-order valence-electron chi connectivity index (χ1n) is 6.98. The Labute approximate surface area is 129 Å². The number of aliphatic imine (C=N–C) groups is 1. The molecule has 0 saturated carbocycles. The van der Waals surface area contributed by atoms with Gasteiger partial charge in [0, 0.05) is 19.6 Å². The molecule has 1 rings (SSSR count). The van der Waals surface area contributed by atoms with Gasteiger partial charge in [-0.2, -0.15) is 0 Å². The van der Waals surface area contributed by atoms with Gasteiger partial charge in [-0.05, 0) is 38.3 Å². The van der Waals surface area contributed by atoms with Crippen molar-refractivity contribution in [3.8, 4) is 0 Å². The number of hydrogen-bond donors (Lipinski definition) is 2. The minimum absolute atomic E-state index is 0. The molecule has 1 aliphatic rings. The maximum atomic E-state index is 5.80. The van der Waals surface area contributed by atoms with Crippen LogP contribution < -0.4 is 11.1 Å². The summed E-state index contributed by atoms with van der Waals surface area (Å²) in [6.45, 7) is 9.88. The molecule has 3 N–H and O–H groups in total. The molecule has 1 unspecified atom stereocenters. The predicted octanol–water partition coefficient (Wildman–Crippen LogP) is 2.04. The normalized spacial score (nSPS) is 18.4. The Hall–Kier alpha value is -0.0400. The summed E-state index contributed by atoms with van der Waals surface area (Å²) in [5, 5.41) is 3.15. The van der Waals surface area contributed by atoms with E-state index in [9.17, 15) is 0 Å². The second kappa shape index (κ2) is 10.8. The van der Waals surface area contributed by atoms with Gasteiger partial charge in [-0.15, -0.1) is 24.0 Å². The molecular weight excluding hydrogens is 339 g/mol. The van der Waals surface area contributed by atoms with Crippen LogP contribution in [-0.2, 0) is 0 Å². The molecule has 5 heteroatoms. The first-order chi connectivity index (χ1) is 8.22. The topological polar surface area (TPSA) is 53.6 Å². The second-order valence-corrected chi connectivity index (χ2v) is 5.12. The Balaban J connectivity index is 0.00000289. The van der Waals surface area contributed by atoms with E-state index in [4.69, 9.17) is 5.73 Å². The molecule has 1 fully saturated rings. The van der Waals surface area contributed by atoms with Crippen molar-refractivity contribution < 1.29 is 0 Å². The van der Waals surface area contributed by atoms with Gasteiger partial charge in [-0.25, -0.2) is 0 Å². The van der Waals surface area contributed by atoms with E-state index < -0.39 is 0 Å². The SMILES string of the molecule is CCCCNC(N)=NCC(C)CN1CCCC1.I. The number of likely N-dealkylation sites (tertiary alicyclic amines) is 1. The Morgan fingerprint density at radius 1 is 1.39 bits per heavy atom. The lowest BCUT2D eigenvalue weighted by Crippen LogP contribution is -2.33. The van der Waals surface area contributed by atoms with Gasteiger partial charge in [0.25, 0.3) is 0 Å². The van der Waals surface area contributed by atoms with E-state index in [1.165, 1.54) is 32.4 Å². The zero-order chi connectivity index (χ0) is 12.5. The molecule has 0 aromatic heterocycles. The minimum atomic E-state index is 0. The molecule has 108 valence electrons. The second-order valence-electron chi connectivity index (χ2n) is 5.12. The van der Waals surface area contributed by atoms with Gasteiger partial charge in [0.2, 0.25) is 0 Å². The van der Waals surface area contributed by atoms with Gasteiger partial charge >= 0.3 is 0 Å². The molecule has 1 aliphatic heterocycles. The van der Waals surface area contributed by atoms with Crippen LogP contribution in [0.2, 0.25) is 0 Å². The van der Waals surface area contributed by atoms with E-state index in [0.29, 0.717) is 11.9 Å². The molecular formula is C13H29IN4. The third-order valence-corrected chi connectivity index (χ3v) is 3.18. The number of guanidine groups is 1. The highest BCUT2D eigenvalue weighted by atomic mass is 127. The van der Waals surface area contributed by atoms with Crippen molar-refractivity contribution in [2.45, 2.75) is 39.5 Å². The first-order valence-corrected chi connectivity index (χ1v) is 6.98. The number of unbranched alkanes of at least 4 members (excludes halogenated alkanes) is 1. The smallest absolute Gasteiger partial charge is 0.188 e. The summed E-state index contributed by atoms with van der Waals surface area (Å²) in [4.78, 5) is 6.92. The van der Waals surface area contributed by atoms with Gasteiger partial charge in [-0.1, -0.05) is 20.3 Å². The predicted molar refractivity (Wildman–Crippen MR) is 89.7 cm³/mol. The zero-order valence-corrected chi connectivity index (χ0v) is 14.2. The van der Waals surface area contributed by atoms with Crippen molar-refractivity contribution in [1.82, 2.24) is 10.2 Å². The fourth-order valence-electron chi connectivity index (χ4n) is 2.17. The fraction of sp³-hybridized carbons (Fsp3) is 0.923. The average molecular weight is 368 g/mol. The summed E-state index contributed by atoms with van der Waals surface area (Å²) in [7, 11) is 0. The molecule has 0 aromatic rings. The largest absolute Gasteiger partial charge is 0.370 e. The van der Waals surface area contributed by atoms with E-state index in [0.717, 1.165) is 26.1 Å². The molecule has 0 aromatic carbocycles. The van der Waals surface area contributed by atoms with Crippen LogP contribution in [0.1, 0.15) is 39.5 Å². The molecule has 1 heterocycles. The number of rotatable bonds is 7. The summed E-state index contributed by atoms with van der Waals surface area (Å²) in [6, 6.07) is 0. The number of nitrogens with one attached hydrogen (secondary N) is 1. The number of halogens is 1. The standard InChI is InChI=1S/C13H28N4.HI/c1-3-4-7-15-13(14)16-10-12(2)11-17-8-5-6-9-17;/h12H,3-11H2,1-2H3,(H3,14,15,16);1H. The molecule has 0 spiro atoms. The monoisotopic (exact) mass is 368 g/mol. The van der Waals surface area contributed by atoms with Crippen LogP contribution in [0.3, 0.4) is 0 Å². The van der Waals surface area contributed by atoms with E-state index >= 15 is 0 Å². The third-order valence-electron chi connectivity index (χ3n) is 3.18. The lowest BCUT2D eigenvalue weighted by atomic mass is 10.2. The summed E-state index contributed by atoms with van der Waals surface area (Å²) in [6.07, 6.45) is 5.05. The lowest BCUT2D eigenvalue weighted by molar-refractivity contribution is 0.291. The quantitative estimate of drug-likeness (QED) is 0.313. The highest BCUT2D eigenvalue weighted by Gasteiger charge is 2.14. The fourth-order valence-corrected chi connectivity index (χ4v) is 2.17. The van der Waals surface area contributed by atoms with E-state index in [1.54, 1.807) is 0 Å². The number of nitrogens with zero attached hydrogens (tertiary/aromatic N) is 2. The van der Waals surface area contributed by atoms with Crippen molar-refractivity contribution in [3.63, 3.8) is 0 Å². The summed E-state index contributed by atoms with van der Waals surface area (Å²) in [5.74, 6) is 1.20. The Morgan fingerprint density at radius 2 is 2.06 bits per heavy atom. The van der Waals surface area contributed by atoms with Gasteiger partial charge in [0.15, 0.2) is 5.96 Å². The molecule has 0 aliphatic carbocycles. The van der Waals surface area contributed by atoms with Crippen LogP contribution in [0.5, 0.6) is 0 Å². The van der Waals surface area contributed by atoms with Crippen LogP contribution in [0.25, 0.3) is 0 Å². The van der Waals surface area contributed by atoms with Crippen LogP contribution in [0.4, 0.5) is 0 Å². The molecule has 1 atom stereocenters. The Bertz CT molecular complexity index is 227. The summed E-state index contributed by atoms with van der Waals surface area (Å²) < 4.78 is 0. The van der Waals surface area contributed by atoms with Crippen molar-refractivity contribution in [1.29, 1.82) is 0 Å². The lowest BCUT2D eigenvalue weighted by Gasteiger charge is -2.18. The van der Waals surface area contributed by atoms with Gasteiger partial charge in [0.1, 0.15) is 0 Å². The minimum Gasteiger partial charge on any atom is -0.370 e. The number of nitrogens with two attached hydrogens (primary N) is 1. The van der Waals surface area contributed by atoms with Gasteiger partial charge < -0.3 is 16.0 Å². The van der Waals surface area contributed by atoms with Crippen LogP contribution in [0.15, 0.2) is 4.99 Å². The molecule has 1 saturated heterocycles. The van der Waals surface area contributed by atoms with Crippen LogP contribution in [0, 0.1) is 5.92 Å². The van der Waals surface area contributed by atoms with Gasteiger partial charge in [0.05, 0.1) is 0 Å². The average Bonchev–Trinajstić information content (AvgIpc) is 2.79. The van der Waals surface area contributed by atoms with Crippen LogP contribution >= 0.6 is 24.0 Å². The third kappa shape index (κ3) is 8.13. The van der Waals surface area contributed by atoms with E-state index in [-0.39, 0.29) is 24.0 Å². The maximum Gasteiger partial charge on any atom is 0.188 e. The van der Waals surface area contributed by atoms with Crippen molar-refractivity contribution >= 4 is 29.9 Å². The molecule has 4 nitrogen and oxygen atoms in total. The van der Waals surface area contributed by atoms with E-state index in [1.807, 2.05) is 0 Å². The highest BCUT2D eigenvalue weighted by molar-refractivity contribution is 14.0. The summed E-state index contributed by atoms with van der Waals surface area (Å²) in [5.41, 5.74) is 5.80. The molecule has 0 bridgehead atoms. The molecule has 0 amide bonds. The van der Waals surface area contributed by atoms with Crippen molar-refractivity contribution in [2.24, 2.45) is 16.6 Å². The Kier molecular flexibility index (Phi) is 10.8. The Morgan fingerprint density at radius 3 is 2.67 bits per heavy atom. The van der Waals surface area contributed by atoms with Crippen molar-refractivity contribution in [2.75, 3.05) is 32.7 Å². The maximum absolute atomic E-state index is 5.80. The van der Waals surface area contributed by atoms with Crippen molar-refractivity contribution in [3.05, 3.63) is 0 Å². The zero-order valence-electron chi connectivity index (χ0n) is 11.8. The van der Waals surface area contributed by atoms with Gasteiger partial charge in [-0.3, -0.25) is 4.99 Å². The van der Waals surface area contributed by atoms with Crippen LogP contribution in [-0.4, -0.2) is 43.6 Å². The first kappa shape index (κ1) is 18.0.